The van der Waals surface area contributed by atoms with E-state index < -0.39 is 0 Å². The molecule has 2 rings (SSSR count). The van der Waals surface area contributed by atoms with E-state index in [1.807, 2.05) is 26.0 Å². The van der Waals surface area contributed by atoms with Crippen molar-refractivity contribution in [3.8, 4) is 5.88 Å². The molecule has 2 atom stereocenters. The molecule has 4 nitrogen and oxygen atoms in total. The number of anilines is 1. The molecule has 1 fully saturated rings. The van der Waals surface area contributed by atoms with Gasteiger partial charge in [0.05, 0.1) is 24.0 Å². The molecule has 0 saturated carbocycles. The molecule has 1 aromatic heterocycles. The first-order valence-electron chi connectivity index (χ1n) is 6.66. The summed E-state index contributed by atoms with van der Waals surface area (Å²) in [6.45, 7) is 6.93. The summed E-state index contributed by atoms with van der Waals surface area (Å²) in [6, 6.07) is 3.90. The van der Waals surface area contributed by atoms with Crippen LogP contribution in [0.2, 0.25) is 0 Å². The van der Waals surface area contributed by atoms with Crippen LogP contribution < -0.4 is 10.1 Å². The molecule has 1 aliphatic rings. The van der Waals surface area contributed by atoms with Crippen LogP contribution in [-0.2, 0) is 4.74 Å². The Labute approximate surface area is 109 Å². The van der Waals surface area contributed by atoms with Gasteiger partial charge in [0, 0.05) is 12.7 Å². The maximum atomic E-state index is 5.78. The largest absolute Gasteiger partial charge is 0.473 e. The van der Waals surface area contributed by atoms with Crippen LogP contribution in [0.15, 0.2) is 18.3 Å². The van der Waals surface area contributed by atoms with Gasteiger partial charge in [0.25, 0.3) is 0 Å². The van der Waals surface area contributed by atoms with Crippen LogP contribution in [0.5, 0.6) is 5.88 Å². The number of rotatable bonds is 5. The van der Waals surface area contributed by atoms with Gasteiger partial charge in [0.1, 0.15) is 0 Å². The number of pyridine rings is 1. The number of nitrogens with zero attached hydrogens (tertiary/aromatic N) is 1. The predicted molar refractivity (Wildman–Crippen MR) is 72.1 cm³/mol. The Balaban J connectivity index is 1.92. The fourth-order valence-corrected chi connectivity index (χ4v) is 2.10. The van der Waals surface area contributed by atoms with Crippen molar-refractivity contribution < 1.29 is 9.47 Å². The molecule has 0 spiro atoms. The summed E-state index contributed by atoms with van der Waals surface area (Å²) in [5.41, 5.74) is 0.939. The molecule has 1 aromatic rings. The van der Waals surface area contributed by atoms with Crippen LogP contribution in [-0.4, -0.2) is 29.8 Å². The summed E-state index contributed by atoms with van der Waals surface area (Å²) in [4.78, 5) is 4.25. The van der Waals surface area contributed by atoms with Gasteiger partial charge in [0.15, 0.2) is 0 Å². The Bertz CT molecular complexity index is 382. The van der Waals surface area contributed by atoms with Crippen molar-refractivity contribution in [3.05, 3.63) is 18.3 Å². The molecule has 1 N–H and O–H groups in total. The van der Waals surface area contributed by atoms with E-state index in [4.69, 9.17) is 9.47 Å². The van der Waals surface area contributed by atoms with Crippen molar-refractivity contribution >= 4 is 5.69 Å². The summed E-state index contributed by atoms with van der Waals surface area (Å²) in [7, 11) is 0. The molecule has 2 unspecified atom stereocenters. The van der Waals surface area contributed by atoms with Crippen molar-refractivity contribution in [3.63, 3.8) is 0 Å². The molecule has 0 aliphatic carbocycles. The molecule has 2 heterocycles. The molecule has 0 aromatic carbocycles. The second kappa shape index (κ2) is 6.05. The highest BCUT2D eigenvalue weighted by atomic mass is 16.5. The van der Waals surface area contributed by atoms with Crippen molar-refractivity contribution in [1.82, 2.24) is 4.98 Å². The second-order valence-corrected chi connectivity index (χ2v) is 5.05. The summed E-state index contributed by atoms with van der Waals surface area (Å²) >= 11 is 0. The zero-order chi connectivity index (χ0) is 13.0. The SMILES string of the molecule is CC(C)Oc1ncccc1NCC1CCC(C)O1. The van der Waals surface area contributed by atoms with E-state index in [2.05, 4.69) is 17.2 Å². The topological polar surface area (TPSA) is 43.4 Å². The average Bonchev–Trinajstić information content (AvgIpc) is 2.73. The third-order valence-electron chi connectivity index (χ3n) is 2.96. The average molecular weight is 250 g/mol. The van der Waals surface area contributed by atoms with E-state index in [-0.39, 0.29) is 6.10 Å². The Morgan fingerprint density at radius 3 is 3.00 bits per heavy atom. The zero-order valence-electron chi connectivity index (χ0n) is 11.3. The third kappa shape index (κ3) is 3.60. The minimum absolute atomic E-state index is 0.128. The fraction of sp³-hybridized carbons (Fsp3) is 0.643. The van der Waals surface area contributed by atoms with E-state index in [0.717, 1.165) is 25.1 Å². The molecule has 0 radical (unpaired) electrons. The second-order valence-electron chi connectivity index (χ2n) is 5.05. The summed E-state index contributed by atoms with van der Waals surface area (Å²) < 4.78 is 11.4. The van der Waals surface area contributed by atoms with Crippen LogP contribution in [0.1, 0.15) is 33.6 Å². The van der Waals surface area contributed by atoms with E-state index >= 15 is 0 Å². The van der Waals surface area contributed by atoms with E-state index in [1.54, 1.807) is 6.20 Å². The third-order valence-corrected chi connectivity index (χ3v) is 2.96. The molecule has 1 saturated heterocycles. The number of hydrogen-bond acceptors (Lipinski definition) is 4. The first-order valence-corrected chi connectivity index (χ1v) is 6.66. The number of aromatic nitrogens is 1. The van der Waals surface area contributed by atoms with Crippen LogP contribution in [0.4, 0.5) is 5.69 Å². The normalized spacial score (nSPS) is 23.3. The summed E-state index contributed by atoms with van der Waals surface area (Å²) in [5, 5.41) is 3.37. The van der Waals surface area contributed by atoms with Gasteiger partial charge in [-0.05, 0) is 45.7 Å². The van der Waals surface area contributed by atoms with Gasteiger partial charge in [0.2, 0.25) is 5.88 Å². The quantitative estimate of drug-likeness (QED) is 0.872. The van der Waals surface area contributed by atoms with Crippen LogP contribution in [0, 0.1) is 0 Å². The zero-order valence-corrected chi connectivity index (χ0v) is 11.3. The monoisotopic (exact) mass is 250 g/mol. The van der Waals surface area contributed by atoms with Crippen molar-refractivity contribution in [2.24, 2.45) is 0 Å². The van der Waals surface area contributed by atoms with Gasteiger partial charge >= 0.3 is 0 Å². The Morgan fingerprint density at radius 2 is 2.33 bits per heavy atom. The Hall–Kier alpha value is -1.29. The maximum absolute atomic E-state index is 5.78. The van der Waals surface area contributed by atoms with E-state index in [0.29, 0.717) is 18.1 Å². The minimum atomic E-state index is 0.128. The summed E-state index contributed by atoms with van der Waals surface area (Å²) in [6.07, 6.45) is 4.83. The van der Waals surface area contributed by atoms with Crippen molar-refractivity contribution in [2.45, 2.75) is 51.9 Å². The molecule has 0 bridgehead atoms. The lowest BCUT2D eigenvalue weighted by Gasteiger charge is -2.16. The van der Waals surface area contributed by atoms with E-state index in [9.17, 15) is 0 Å². The number of ether oxygens (including phenoxy) is 2. The smallest absolute Gasteiger partial charge is 0.237 e. The van der Waals surface area contributed by atoms with Crippen LogP contribution >= 0.6 is 0 Å². The highest BCUT2D eigenvalue weighted by molar-refractivity contribution is 5.52. The first kappa shape index (κ1) is 13.1. The lowest BCUT2D eigenvalue weighted by Crippen LogP contribution is -2.20. The maximum Gasteiger partial charge on any atom is 0.237 e. The molecule has 1 aliphatic heterocycles. The van der Waals surface area contributed by atoms with Crippen LogP contribution in [0.3, 0.4) is 0 Å². The van der Waals surface area contributed by atoms with Gasteiger partial charge in [-0.2, -0.15) is 0 Å². The van der Waals surface area contributed by atoms with Gasteiger partial charge in [-0.3, -0.25) is 0 Å². The fourth-order valence-electron chi connectivity index (χ4n) is 2.10. The molecular weight excluding hydrogens is 228 g/mol. The van der Waals surface area contributed by atoms with Gasteiger partial charge in [-0.25, -0.2) is 4.98 Å². The lowest BCUT2D eigenvalue weighted by molar-refractivity contribution is 0.0636. The van der Waals surface area contributed by atoms with Crippen molar-refractivity contribution in [1.29, 1.82) is 0 Å². The van der Waals surface area contributed by atoms with Gasteiger partial charge in [-0.15, -0.1) is 0 Å². The standard InChI is InChI=1S/C14H22N2O2/c1-10(2)17-14-13(5-4-8-15-14)16-9-12-7-6-11(3)18-12/h4-5,8,10-12,16H,6-7,9H2,1-3H3. The molecule has 4 heteroatoms. The summed E-state index contributed by atoms with van der Waals surface area (Å²) in [5.74, 6) is 0.665. The Morgan fingerprint density at radius 1 is 1.50 bits per heavy atom. The molecule has 18 heavy (non-hydrogen) atoms. The lowest BCUT2D eigenvalue weighted by atomic mass is 10.2. The van der Waals surface area contributed by atoms with Gasteiger partial charge < -0.3 is 14.8 Å². The first-order chi connectivity index (χ1) is 8.65. The van der Waals surface area contributed by atoms with E-state index in [1.165, 1.54) is 0 Å². The number of nitrogens with one attached hydrogen (secondary N) is 1. The molecular formula is C14H22N2O2. The van der Waals surface area contributed by atoms with Crippen LogP contribution in [0.25, 0.3) is 0 Å². The Kier molecular flexibility index (Phi) is 4.42. The van der Waals surface area contributed by atoms with Gasteiger partial charge in [-0.1, -0.05) is 0 Å². The molecule has 0 amide bonds. The minimum Gasteiger partial charge on any atom is -0.473 e. The highest BCUT2D eigenvalue weighted by Gasteiger charge is 2.21. The van der Waals surface area contributed by atoms with Crippen molar-refractivity contribution in [2.75, 3.05) is 11.9 Å². The number of hydrogen-bond donors (Lipinski definition) is 1. The molecule has 100 valence electrons. The predicted octanol–water partition coefficient (Wildman–Crippen LogP) is 2.85. The highest BCUT2D eigenvalue weighted by Crippen LogP contribution is 2.24.